The van der Waals surface area contributed by atoms with Crippen molar-refractivity contribution in [3.8, 4) is 11.3 Å². The Morgan fingerprint density at radius 1 is 1.27 bits per heavy atom. The number of amides is 1. The first kappa shape index (κ1) is 14.4. The van der Waals surface area contributed by atoms with Gasteiger partial charge in [0, 0.05) is 31.0 Å². The van der Waals surface area contributed by atoms with Crippen LogP contribution in [0.2, 0.25) is 5.02 Å². The molecule has 0 aliphatic carbocycles. The second-order valence-corrected chi connectivity index (χ2v) is 5.26. The number of carboxylic acids is 1. The quantitative estimate of drug-likeness (QED) is 0.885. The Labute approximate surface area is 130 Å². The molecule has 1 aliphatic rings. The second-order valence-electron chi connectivity index (χ2n) is 4.89. The molecule has 0 spiro atoms. The Bertz CT molecular complexity index is 757. The summed E-state index contributed by atoms with van der Waals surface area (Å²) in [5.74, 6) is -1.17. The van der Waals surface area contributed by atoms with E-state index in [1.807, 2.05) is 0 Å². The van der Waals surface area contributed by atoms with E-state index in [4.69, 9.17) is 16.7 Å². The van der Waals surface area contributed by atoms with Crippen molar-refractivity contribution in [3.63, 3.8) is 0 Å². The summed E-state index contributed by atoms with van der Waals surface area (Å²) >= 11 is 6.28. The van der Waals surface area contributed by atoms with E-state index >= 15 is 0 Å². The number of aromatic nitrogens is 2. The molecule has 0 bridgehead atoms. The van der Waals surface area contributed by atoms with E-state index < -0.39 is 12.1 Å². The Morgan fingerprint density at radius 3 is 2.64 bits per heavy atom. The van der Waals surface area contributed by atoms with E-state index in [0.717, 1.165) is 0 Å². The van der Waals surface area contributed by atoms with Gasteiger partial charge in [-0.2, -0.15) is 0 Å². The van der Waals surface area contributed by atoms with Crippen molar-refractivity contribution in [2.45, 2.75) is 13.1 Å². The topological polar surface area (TPSA) is 95.7 Å². The van der Waals surface area contributed by atoms with Crippen LogP contribution in [0.1, 0.15) is 16.1 Å². The summed E-state index contributed by atoms with van der Waals surface area (Å²) in [6.45, 7) is 0.621. The number of hydrogen-bond donors (Lipinski definition) is 2. The third kappa shape index (κ3) is 2.19. The monoisotopic (exact) mass is 321 g/mol. The summed E-state index contributed by atoms with van der Waals surface area (Å²) in [7, 11) is 0. The molecule has 2 aromatic heterocycles. The van der Waals surface area contributed by atoms with Crippen LogP contribution in [0.3, 0.4) is 0 Å². The predicted octanol–water partition coefficient (Wildman–Crippen LogP) is 2.40. The lowest BCUT2D eigenvalue weighted by atomic mass is 10.2. The van der Waals surface area contributed by atoms with Gasteiger partial charge < -0.3 is 19.7 Å². The number of halogens is 1. The van der Waals surface area contributed by atoms with Crippen LogP contribution in [0, 0.1) is 0 Å². The van der Waals surface area contributed by atoms with Crippen molar-refractivity contribution >= 4 is 23.7 Å². The van der Waals surface area contributed by atoms with E-state index in [2.05, 4.69) is 4.98 Å². The molecule has 0 radical (unpaired) electrons. The molecule has 7 nitrogen and oxygen atoms in total. The number of pyridine rings is 1. The molecule has 8 heteroatoms. The summed E-state index contributed by atoms with van der Waals surface area (Å²) in [6, 6.07) is 3.52. The van der Waals surface area contributed by atoms with Crippen molar-refractivity contribution in [1.82, 2.24) is 14.5 Å². The lowest BCUT2D eigenvalue weighted by Gasteiger charge is -2.27. The molecule has 0 saturated carbocycles. The molecule has 22 heavy (non-hydrogen) atoms. The fourth-order valence-corrected chi connectivity index (χ4v) is 3.09. The van der Waals surface area contributed by atoms with Crippen molar-refractivity contribution in [1.29, 1.82) is 0 Å². The summed E-state index contributed by atoms with van der Waals surface area (Å²) in [4.78, 5) is 27.9. The zero-order chi connectivity index (χ0) is 15.9. The maximum absolute atomic E-state index is 11.5. The van der Waals surface area contributed by atoms with E-state index in [1.54, 1.807) is 29.1 Å². The van der Waals surface area contributed by atoms with Crippen molar-refractivity contribution in [3.05, 3.63) is 40.8 Å². The first-order chi connectivity index (χ1) is 10.5. The second kappa shape index (κ2) is 5.34. The van der Waals surface area contributed by atoms with Crippen molar-refractivity contribution < 1.29 is 19.8 Å². The molecule has 0 unspecified atom stereocenters. The molecule has 3 rings (SSSR count). The maximum Gasteiger partial charge on any atom is 0.407 e. The van der Waals surface area contributed by atoms with Crippen LogP contribution in [0.15, 0.2) is 24.5 Å². The number of carboxylic acid groups (broad SMARTS) is 2. The molecule has 0 atom stereocenters. The number of hydrogen-bond acceptors (Lipinski definition) is 3. The Morgan fingerprint density at radius 2 is 2.05 bits per heavy atom. The zero-order valence-electron chi connectivity index (χ0n) is 11.4. The minimum atomic E-state index is -1.17. The molecule has 1 amide bonds. The SMILES string of the molecule is O=C(O)c1c(Cl)c(-c2cccnc2)n2c1CN(C(=O)O)CC2. The summed E-state index contributed by atoms with van der Waals surface area (Å²) in [5, 5.41) is 18.7. The highest BCUT2D eigenvalue weighted by molar-refractivity contribution is 6.36. The van der Waals surface area contributed by atoms with E-state index in [9.17, 15) is 14.7 Å². The number of rotatable bonds is 2. The summed E-state index contributed by atoms with van der Waals surface area (Å²) < 4.78 is 1.77. The average molecular weight is 322 g/mol. The van der Waals surface area contributed by atoms with Gasteiger partial charge in [-0.05, 0) is 12.1 Å². The standard InChI is InChI=1S/C14H12ClN3O4/c15-11-10(13(19)20)9-7-17(14(21)22)4-5-18(9)12(11)8-2-1-3-16-6-8/h1-3,6H,4-5,7H2,(H,19,20)(H,21,22). The molecule has 0 saturated heterocycles. The van der Waals surface area contributed by atoms with Crippen LogP contribution in [-0.4, -0.2) is 43.3 Å². The predicted molar refractivity (Wildman–Crippen MR) is 78.1 cm³/mol. The highest BCUT2D eigenvalue weighted by Gasteiger charge is 2.32. The maximum atomic E-state index is 11.5. The van der Waals surface area contributed by atoms with E-state index in [0.29, 0.717) is 23.5 Å². The normalized spacial score (nSPS) is 13.8. The van der Waals surface area contributed by atoms with Crippen LogP contribution >= 0.6 is 11.6 Å². The van der Waals surface area contributed by atoms with E-state index in [1.165, 1.54) is 4.90 Å². The van der Waals surface area contributed by atoms with Gasteiger partial charge in [-0.25, -0.2) is 9.59 Å². The Balaban J connectivity index is 2.20. The fraction of sp³-hybridized carbons (Fsp3) is 0.214. The van der Waals surface area contributed by atoms with Crippen molar-refractivity contribution in [2.75, 3.05) is 6.54 Å². The molecular formula is C14H12ClN3O4. The molecule has 3 heterocycles. The van der Waals surface area contributed by atoms with Crippen molar-refractivity contribution in [2.24, 2.45) is 0 Å². The van der Waals surface area contributed by atoms with Crippen LogP contribution < -0.4 is 0 Å². The number of carbonyl (C=O) groups is 2. The van der Waals surface area contributed by atoms with Gasteiger partial charge in [-0.15, -0.1) is 0 Å². The Hall–Kier alpha value is -2.54. The molecule has 114 valence electrons. The molecule has 2 N–H and O–H groups in total. The van der Waals surface area contributed by atoms with Gasteiger partial charge >= 0.3 is 12.1 Å². The zero-order valence-corrected chi connectivity index (χ0v) is 12.1. The third-order valence-corrected chi connectivity index (χ3v) is 4.03. The van der Waals surface area contributed by atoms with Gasteiger partial charge in [0.05, 0.1) is 23.0 Å². The summed E-state index contributed by atoms with van der Waals surface area (Å²) in [5.41, 5.74) is 1.61. The highest BCUT2D eigenvalue weighted by atomic mass is 35.5. The first-order valence-electron chi connectivity index (χ1n) is 6.53. The fourth-order valence-electron chi connectivity index (χ4n) is 2.69. The van der Waals surface area contributed by atoms with E-state index in [-0.39, 0.29) is 23.7 Å². The van der Waals surface area contributed by atoms with Crippen LogP contribution in [0.25, 0.3) is 11.3 Å². The van der Waals surface area contributed by atoms with Gasteiger partial charge in [0.1, 0.15) is 5.56 Å². The summed E-state index contributed by atoms with van der Waals surface area (Å²) in [6.07, 6.45) is 2.13. The van der Waals surface area contributed by atoms with Gasteiger partial charge in [0.15, 0.2) is 0 Å². The number of nitrogens with zero attached hydrogens (tertiary/aromatic N) is 3. The molecule has 0 aromatic carbocycles. The van der Waals surface area contributed by atoms with Gasteiger partial charge in [0.25, 0.3) is 0 Å². The minimum absolute atomic E-state index is 0.00303. The Kier molecular flexibility index (Phi) is 3.50. The number of aromatic carboxylic acids is 1. The van der Waals surface area contributed by atoms with Gasteiger partial charge in [-0.1, -0.05) is 11.6 Å². The molecular weight excluding hydrogens is 310 g/mol. The van der Waals surface area contributed by atoms with Crippen LogP contribution in [0.5, 0.6) is 0 Å². The first-order valence-corrected chi connectivity index (χ1v) is 6.91. The van der Waals surface area contributed by atoms with Crippen LogP contribution in [0.4, 0.5) is 4.79 Å². The third-order valence-electron chi connectivity index (χ3n) is 3.67. The largest absolute Gasteiger partial charge is 0.478 e. The molecule has 1 aliphatic heterocycles. The lowest BCUT2D eigenvalue weighted by molar-refractivity contribution is 0.0691. The van der Waals surface area contributed by atoms with Crippen LogP contribution in [-0.2, 0) is 13.1 Å². The smallest absolute Gasteiger partial charge is 0.407 e. The molecule has 0 fully saturated rings. The van der Waals surface area contributed by atoms with Gasteiger partial charge in [-0.3, -0.25) is 4.98 Å². The minimum Gasteiger partial charge on any atom is -0.478 e. The number of fused-ring (bicyclic) bond motifs is 1. The lowest BCUT2D eigenvalue weighted by Crippen LogP contribution is -2.37. The average Bonchev–Trinajstić information content (AvgIpc) is 2.79. The van der Waals surface area contributed by atoms with Gasteiger partial charge in [0.2, 0.25) is 0 Å². The highest BCUT2D eigenvalue weighted by Crippen LogP contribution is 2.37. The molecule has 2 aromatic rings.